The number of carbonyl (C=O) groups is 1. The van der Waals surface area contributed by atoms with Crippen molar-refractivity contribution >= 4 is 11.8 Å². The molecule has 0 aliphatic carbocycles. The summed E-state index contributed by atoms with van der Waals surface area (Å²) in [5.41, 5.74) is 0.426. The first-order valence-electron chi connectivity index (χ1n) is 5.25. The van der Waals surface area contributed by atoms with E-state index in [1.54, 1.807) is 18.5 Å². The maximum absolute atomic E-state index is 11.3. The second kappa shape index (κ2) is 5.13. The summed E-state index contributed by atoms with van der Waals surface area (Å²) in [6.07, 6.45) is 3.35. The van der Waals surface area contributed by atoms with E-state index in [0.29, 0.717) is 12.4 Å². The Balaban J connectivity index is 2.15. The Morgan fingerprint density at radius 3 is 2.94 bits per heavy atom. The van der Waals surface area contributed by atoms with E-state index in [4.69, 9.17) is 5.11 Å². The molecular formula is C12H11N3O3. The van der Waals surface area contributed by atoms with Gasteiger partial charge in [-0.1, -0.05) is 6.07 Å². The van der Waals surface area contributed by atoms with Crippen LogP contribution in [0, 0.1) is 0 Å². The number of pyridine rings is 2. The van der Waals surface area contributed by atoms with Crippen LogP contribution in [0.2, 0.25) is 0 Å². The summed E-state index contributed by atoms with van der Waals surface area (Å²) >= 11 is 0. The lowest BCUT2D eigenvalue weighted by molar-refractivity contribution is 0.0696. The molecule has 0 saturated heterocycles. The van der Waals surface area contributed by atoms with Gasteiger partial charge in [0.25, 0.3) is 0 Å². The van der Waals surface area contributed by atoms with E-state index in [-0.39, 0.29) is 5.56 Å². The highest BCUT2D eigenvalue weighted by Gasteiger charge is 2.05. The molecule has 6 nitrogen and oxygen atoms in total. The minimum atomic E-state index is -1.13. The summed E-state index contributed by atoms with van der Waals surface area (Å²) in [5.74, 6) is -0.769. The molecular weight excluding hydrogens is 234 g/mol. The van der Waals surface area contributed by atoms with Gasteiger partial charge in [-0.15, -0.1) is 0 Å². The Labute approximate surface area is 102 Å². The number of hydrogen-bond acceptors (Lipinski definition) is 4. The van der Waals surface area contributed by atoms with E-state index in [1.807, 2.05) is 6.07 Å². The lowest BCUT2D eigenvalue weighted by Crippen LogP contribution is -2.13. The van der Waals surface area contributed by atoms with E-state index < -0.39 is 11.5 Å². The highest BCUT2D eigenvalue weighted by molar-refractivity contribution is 5.88. The molecule has 0 unspecified atom stereocenters. The van der Waals surface area contributed by atoms with Crippen molar-refractivity contribution in [1.82, 2.24) is 9.97 Å². The Morgan fingerprint density at radius 2 is 2.28 bits per heavy atom. The molecule has 0 saturated carbocycles. The van der Waals surface area contributed by atoms with Crippen LogP contribution in [-0.2, 0) is 6.54 Å². The SMILES string of the molecule is O=C(O)c1cc(NCc2cccnc2)[nH]c(=O)c1. The molecule has 0 aliphatic rings. The van der Waals surface area contributed by atoms with Crippen molar-refractivity contribution in [3.8, 4) is 0 Å². The summed E-state index contributed by atoms with van der Waals surface area (Å²) in [6.45, 7) is 0.451. The Morgan fingerprint density at radius 1 is 1.44 bits per heavy atom. The number of carboxylic acids is 1. The average Bonchev–Trinajstić information content (AvgIpc) is 2.37. The molecule has 0 fully saturated rings. The molecule has 0 bridgehead atoms. The van der Waals surface area contributed by atoms with Gasteiger partial charge >= 0.3 is 5.97 Å². The largest absolute Gasteiger partial charge is 0.478 e. The third-order valence-corrected chi connectivity index (χ3v) is 2.30. The predicted molar refractivity (Wildman–Crippen MR) is 65.6 cm³/mol. The molecule has 2 heterocycles. The van der Waals surface area contributed by atoms with Gasteiger partial charge < -0.3 is 15.4 Å². The molecule has 2 rings (SSSR count). The van der Waals surface area contributed by atoms with E-state index >= 15 is 0 Å². The molecule has 0 radical (unpaired) electrons. The van der Waals surface area contributed by atoms with E-state index in [2.05, 4.69) is 15.3 Å². The standard InChI is InChI=1S/C12H11N3O3/c16-11-5-9(12(17)18)4-10(15-11)14-7-8-2-1-3-13-6-8/h1-6H,7H2,(H,17,18)(H2,14,15,16). The van der Waals surface area contributed by atoms with Crippen molar-refractivity contribution < 1.29 is 9.90 Å². The van der Waals surface area contributed by atoms with Crippen LogP contribution < -0.4 is 10.9 Å². The normalized spacial score (nSPS) is 10.0. The van der Waals surface area contributed by atoms with Crippen LogP contribution in [-0.4, -0.2) is 21.0 Å². The summed E-state index contributed by atoms with van der Waals surface area (Å²) in [5, 5.41) is 11.8. The summed E-state index contributed by atoms with van der Waals surface area (Å²) in [6, 6.07) is 6.09. The Hall–Kier alpha value is -2.63. The number of rotatable bonds is 4. The lowest BCUT2D eigenvalue weighted by Gasteiger charge is -2.06. The quantitative estimate of drug-likeness (QED) is 0.749. The number of hydrogen-bond donors (Lipinski definition) is 3. The highest BCUT2D eigenvalue weighted by Crippen LogP contribution is 2.06. The van der Waals surface area contributed by atoms with Gasteiger partial charge in [-0.25, -0.2) is 4.79 Å². The monoisotopic (exact) mass is 245 g/mol. The van der Waals surface area contributed by atoms with Crippen LogP contribution in [0.3, 0.4) is 0 Å². The van der Waals surface area contributed by atoms with Crippen LogP contribution in [0.25, 0.3) is 0 Å². The van der Waals surface area contributed by atoms with Crippen LogP contribution in [0.5, 0.6) is 0 Å². The number of aromatic amines is 1. The van der Waals surface area contributed by atoms with Gasteiger partial charge in [0.05, 0.1) is 5.56 Å². The molecule has 92 valence electrons. The van der Waals surface area contributed by atoms with Crippen molar-refractivity contribution in [2.45, 2.75) is 6.54 Å². The molecule has 2 aromatic rings. The molecule has 0 aromatic carbocycles. The number of H-pyrrole nitrogens is 1. The predicted octanol–water partition coefficient (Wildman–Crippen LogP) is 1.08. The van der Waals surface area contributed by atoms with Crippen molar-refractivity contribution in [3.63, 3.8) is 0 Å². The number of carboxylic acid groups (broad SMARTS) is 1. The lowest BCUT2D eigenvalue weighted by atomic mass is 10.2. The smallest absolute Gasteiger partial charge is 0.336 e. The van der Waals surface area contributed by atoms with Gasteiger partial charge in [-0.05, 0) is 17.7 Å². The fraction of sp³-hybridized carbons (Fsp3) is 0.0833. The Kier molecular flexibility index (Phi) is 3.38. The second-order valence-corrected chi connectivity index (χ2v) is 3.67. The molecule has 2 aromatic heterocycles. The fourth-order valence-corrected chi connectivity index (χ4v) is 1.46. The van der Waals surface area contributed by atoms with Crippen LogP contribution >= 0.6 is 0 Å². The van der Waals surface area contributed by atoms with Gasteiger partial charge in [0, 0.05) is 25.0 Å². The molecule has 3 N–H and O–H groups in total. The average molecular weight is 245 g/mol. The third-order valence-electron chi connectivity index (χ3n) is 2.30. The third kappa shape index (κ3) is 2.94. The highest BCUT2D eigenvalue weighted by atomic mass is 16.4. The maximum Gasteiger partial charge on any atom is 0.336 e. The first-order valence-corrected chi connectivity index (χ1v) is 5.25. The van der Waals surface area contributed by atoms with Crippen molar-refractivity contribution in [3.05, 3.63) is 58.1 Å². The van der Waals surface area contributed by atoms with Crippen molar-refractivity contribution in [2.75, 3.05) is 5.32 Å². The number of nitrogens with one attached hydrogen (secondary N) is 2. The summed E-state index contributed by atoms with van der Waals surface area (Å²) in [4.78, 5) is 28.5. The van der Waals surface area contributed by atoms with Crippen LogP contribution in [0.4, 0.5) is 5.82 Å². The van der Waals surface area contributed by atoms with Crippen LogP contribution in [0.15, 0.2) is 41.5 Å². The summed E-state index contributed by atoms with van der Waals surface area (Å²) < 4.78 is 0. The molecule has 6 heteroatoms. The molecule has 0 atom stereocenters. The molecule has 0 spiro atoms. The number of anilines is 1. The van der Waals surface area contributed by atoms with Crippen molar-refractivity contribution in [1.29, 1.82) is 0 Å². The first kappa shape index (κ1) is 11.8. The zero-order valence-electron chi connectivity index (χ0n) is 9.38. The van der Waals surface area contributed by atoms with Gasteiger partial charge in [0.2, 0.25) is 5.56 Å². The number of aromatic nitrogens is 2. The minimum absolute atomic E-state index is 0.0487. The molecule has 0 aliphatic heterocycles. The van der Waals surface area contributed by atoms with E-state index in [9.17, 15) is 9.59 Å². The number of aromatic carboxylic acids is 1. The van der Waals surface area contributed by atoms with Gasteiger partial charge in [-0.2, -0.15) is 0 Å². The maximum atomic E-state index is 11.3. The van der Waals surface area contributed by atoms with Gasteiger partial charge in [0.15, 0.2) is 0 Å². The summed E-state index contributed by atoms with van der Waals surface area (Å²) in [7, 11) is 0. The zero-order valence-corrected chi connectivity index (χ0v) is 9.38. The molecule has 0 amide bonds. The van der Waals surface area contributed by atoms with Crippen LogP contribution in [0.1, 0.15) is 15.9 Å². The Bertz CT molecular complexity index is 607. The zero-order chi connectivity index (χ0) is 13.0. The second-order valence-electron chi connectivity index (χ2n) is 3.67. The topological polar surface area (TPSA) is 95.1 Å². The first-order chi connectivity index (χ1) is 8.65. The van der Waals surface area contributed by atoms with Gasteiger partial charge in [-0.3, -0.25) is 9.78 Å². The fourth-order valence-electron chi connectivity index (χ4n) is 1.46. The van der Waals surface area contributed by atoms with Gasteiger partial charge in [0.1, 0.15) is 5.82 Å². The van der Waals surface area contributed by atoms with E-state index in [0.717, 1.165) is 11.6 Å². The molecule has 18 heavy (non-hydrogen) atoms. The minimum Gasteiger partial charge on any atom is -0.478 e. The number of nitrogens with zero attached hydrogens (tertiary/aromatic N) is 1. The van der Waals surface area contributed by atoms with E-state index in [1.165, 1.54) is 6.07 Å². The van der Waals surface area contributed by atoms with Crippen molar-refractivity contribution in [2.24, 2.45) is 0 Å².